The lowest BCUT2D eigenvalue weighted by atomic mass is 10.1. The number of aromatic nitrogens is 2. The normalized spacial score (nSPS) is 14.7. The Hall–Kier alpha value is -3.46. The molecule has 0 spiro atoms. The van der Waals surface area contributed by atoms with E-state index in [1.807, 2.05) is 0 Å². The Morgan fingerprint density at radius 3 is 2.30 bits per heavy atom. The van der Waals surface area contributed by atoms with Crippen molar-refractivity contribution >= 4 is 27.4 Å². The maximum absolute atomic E-state index is 13.3. The highest BCUT2D eigenvalue weighted by molar-refractivity contribution is 7.92. The lowest BCUT2D eigenvalue weighted by Crippen LogP contribution is -2.24. The Morgan fingerprint density at radius 1 is 1.03 bits per heavy atom. The van der Waals surface area contributed by atoms with Gasteiger partial charge in [0.1, 0.15) is 10.6 Å². The summed E-state index contributed by atoms with van der Waals surface area (Å²) in [5.74, 6) is 0.545. The molecule has 0 atom stereocenters. The molecule has 0 bridgehead atoms. The summed E-state index contributed by atoms with van der Waals surface area (Å²) >= 11 is 0. The quantitative estimate of drug-likeness (QED) is 0.579. The van der Waals surface area contributed by atoms with Gasteiger partial charge in [-0.15, -0.1) is 0 Å². The fraction of sp³-hybridized carbons (Fsp3) is 0.190. The van der Waals surface area contributed by atoms with E-state index >= 15 is 0 Å². The fourth-order valence-electron chi connectivity index (χ4n) is 3.33. The van der Waals surface area contributed by atoms with Crippen LogP contribution in [0.3, 0.4) is 0 Å². The van der Waals surface area contributed by atoms with E-state index in [2.05, 4.69) is 20.6 Å². The predicted octanol–water partition coefficient (Wildman–Crippen LogP) is 2.94. The van der Waals surface area contributed by atoms with Crippen LogP contribution in [0, 0.1) is 0 Å². The number of anilines is 2. The van der Waals surface area contributed by atoms with Crippen LogP contribution in [0.2, 0.25) is 0 Å². The fourth-order valence-corrected chi connectivity index (χ4v) is 5.31. The van der Waals surface area contributed by atoms with Crippen molar-refractivity contribution in [3.63, 3.8) is 0 Å². The summed E-state index contributed by atoms with van der Waals surface area (Å²) in [5.41, 5.74) is 7.68. The molecule has 3 aromatic rings. The number of hydrogen-bond acceptors (Lipinski definition) is 6. The molecule has 0 radical (unpaired) electrons. The number of nitrogens with two attached hydrogens (primary N) is 1. The molecule has 30 heavy (non-hydrogen) atoms. The van der Waals surface area contributed by atoms with Crippen LogP contribution in [0.25, 0.3) is 11.4 Å². The third-order valence-corrected chi connectivity index (χ3v) is 7.65. The highest BCUT2D eigenvalue weighted by atomic mass is 32.2. The number of nitrogens with zero attached hydrogens (tertiary/aromatic N) is 2. The van der Waals surface area contributed by atoms with Crippen molar-refractivity contribution in [2.45, 2.75) is 22.5 Å². The molecule has 0 saturated heterocycles. The Balaban J connectivity index is 1.70. The minimum absolute atomic E-state index is 0.206. The summed E-state index contributed by atoms with van der Waals surface area (Å²) in [5, 5.41) is 5.15. The zero-order chi connectivity index (χ0) is 21.4. The maximum Gasteiger partial charge on any atom is 0.318 e. The molecule has 1 aromatic heterocycles. The van der Waals surface area contributed by atoms with E-state index in [1.54, 1.807) is 60.7 Å². The third-order valence-electron chi connectivity index (χ3n) is 5.11. The Morgan fingerprint density at radius 2 is 1.70 bits per heavy atom. The van der Waals surface area contributed by atoms with E-state index in [4.69, 9.17) is 5.73 Å². The van der Waals surface area contributed by atoms with Gasteiger partial charge in [-0.1, -0.05) is 18.2 Å². The van der Waals surface area contributed by atoms with Crippen molar-refractivity contribution in [2.24, 2.45) is 0 Å². The summed E-state index contributed by atoms with van der Waals surface area (Å²) in [6.07, 6.45) is 0.963. The van der Waals surface area contributed by atoms with Gasteiger partial charge in [-0.05, 0) is 49.2 Å². The van der Waals surface area contributed by atoms with Gasteiger partial charge in [0.25, 0.3) is 0 Å². The number of urea groups is 1. The van der Waals surface area contributed by atoms with Crippen LogP contribution in [-0.2, 0) is 14.6 Å². The highest BCUT2D eigenvalue weighted by Crippen LogP contribution is 2.54. The van der Waals surface area contributed by atoms with Crippen LogP contribution < -0.4 is 16.4 Å². The van der Waals surface area contributed by atoms with Gasteiger partial charge in [0.15, 0.2) is 15.7 Å². The van der Waals surface area contributed by atoms with E-state index in [9.17, 15) is 13.2 Å². The smallest absolute Gasteiger partial charge is 0.318 e. The first-order chi connectivity index (χ1) is 14.4. The van der Waals surface area contributed by atoms with Crippen molar-refractivity contribution in [1.29, 1.82) is 0 Å². The van der Waals surface area contributed by atoms with Gasteiger partial charge >= 0.3 is 6.03 Å². The zero-order valence-corrected chi connectivity index (χ0v) is 17.1. The van der Waals surface area contributed by atoms with E-state index in [-0.39, 0.29) is 16.7 Å². The van der Waals surface area contributed by atoms with Crippen molar-refractivity contribution in [3.05, 3.63) is 66.4 Å². The summed E-state index contributed by atoms with van der Waals surface area (Å²) in [7, 11) is -2.09. The molecule has 4 rings (SSSR count). The van der Waals surface area contributed by atoms with Gasteiger partial charge in [0, 0.05) is 24.4 Å². The van der Waals surface area contributed by atoms with Crippen molar-refractivity contribution < 1.29 is 13.2 Å². The van der Waals surface area contributed by atoms with Crippen LogP contribution in [0.4, 0.5) is 16.3 Å². The summed E-state index contributed by atoms with van der Waals surface area (Å²) in [4.78, 5) is 20.5. The maximum atomic E-state index is 13.3. The molecular formula is C21H21N5O3S. The molecule has 2 amide bonds. The molecule has 0 unspecified atom stereocenters. The van der Waals surface area contributed by atoms with Gasteiger partial charge in [-0.2, -0.15) is 0 Å². The number of sulfone groups is 1. The predicted molar refractivity (Wildman–Crippen MR) is 114 cm³/mol. The van der Waals surface area contributed by atoms with Crippen molar-refractivity contribution in [3.8, 4) is 11.4 Å². The number of carbonyl (C=O) groups is 1. The lowest BCUT2D eigenvalue weighted by molar-refractivity contribution is 0.254. The molecule has 1 fully saturated rings. The second-order valence-corrected chi connectivity index (χ2v) is 9.35. The third kappa shape index (κ3) is 3.48. The van der Waals surface area contributed by atoms with Gasteiger partial charge < -0.3 is 16.4 Å². The van der Waals surface area contributed by atoms with E-state index in [1.165, 1.54) is 7.05 Å². The molecule has 1 aliphatic rings. The Kier molecular flexibility index (Phi) is 4.90. The van der Waals surface area contributed by atoms with Crippen LogP contribution in [0.1, 0.15) is 18.5 Å². The largest absolute Gasteiger partial charge is 0.384 e. The molecule has 1 heterocycles. The first-order valence-corrected chi connectivity index (χ1v) is 10.9. The molecule has 1 saturated carbocycles. The first-order valence-electron chi connectivity index (χ1n) is 9.40. The van der Waals surface area contributed by atoms with Crippen LogP contribution in [0.15, 0.2) is 65.6 Å². The number of benzene rings is 2. The van der Waals surface area contributed by atoms with Crippen LogP contribution in [-0.4, -0.2) is 31.5 Å². The molecule has 9 heteroatoms. The zero-order valence-electron chi connectivity index (χ0n) is 16.3. The van der Waals surface area contributed by atoms with Crippen molar-refractivity contribution in [1.82, 2.24) is 15.3 Å². The number of carbonyl (C=O) groups excluding carboxylic acids is 1. The van der Waals surface area contributed by atoms with Crippen molar-refractivity contribution in [2.75, 3.05) is 18.1 Å². The number of nitrogens with one attached hydrogen (secondary N) is 2. The molecule has 2 aromatic carbocycles. The average molecular weight is 423 g/mol. The lowest BCUT2D eigenvalue weighted by Gasteiger charge is -2.17. The van der Waals surface area contributed by atoms with E-state index in [0.29, 0.717) is 35.6 Å². The number of amides is 2. The molecular weight excluding hydrogens is 402 g/mol. The average Bonchev–Trinajstić information content (AvgIpc) is 3.57. The second-order valence-electron chi connectivity index (χ2n) is 7.09. The summed E-state index contributed by atoms with van der Waals surface area (Å²) < 4.78 is 25.5. The number of hydrogen-bond donors (Lipinski definition) is 3. The SMILES string of the molecule is CNC(=O)Nc1ccc(-c2nc(N)cc(C3(S(=O)(=O)c4ccccc4)CC3)n2)cc1. The minimum atomic E-state index is -3.62. The highest BCUT2D eigenvalue weighted by Gasteiger charge is 2.57. The standard InChI is InChI=1S/C21H21N5O3S/c1-23-20(27)24-15-9-7-14(8-10-15)19-25-17(13-18(22)26-19)21(11-12-21)30(28,29)16-5-3-2-4-6-16/h2-10,13H,11-12H2,1H3,(H2,22,25,26)(H2,23,24,27). The molecule has 0 aliphatic heterocycles. The van der Waals surface area contributed by atoms with Gasteiger partial charge in [-0.25, -0.2) is 23.2 Å². The van der Waals surface area contributed by atoms with E-state index in [0.717, 1.165) is 0 Å². The number of nitrogen functional groups attached to an aromatic ring is 1. The summed E-state index contributed by atoms with van der Waals surface area (Å²) in [6.45, 7) is 0. The van der Waals surface area contributed by atoms with Crippen LogP contribution in [0.5, 0.6) is 0 Å². The van der Waals surface area contributed by atoms with Gasteiger partial charge in [0.05, 0.1) is 10.6 Å². The molecule has 154 valence electrons. The van der Waals surface area contributed by atoms with Gasteiger partial charge in [0.2, 0.25) is 0 Å². The monoisotopic (exact) mass is 423 g/mol. The topological polar surface area (TPSA) is 127 Å². The molecule has 1 aliphatic carbocycles. The van der Waals surface area contributed by atoms with E-state index < -0.39 is 14.6 Å². The second kappa shape index (κ2) is 7.42. The molecule has 8 nitrogen and oxygen atoms in total. The molecule has 4 N–H and O–H groups in total. The van der Waals surface area contributed by atoms with Gasteiger partial charge in [-0.3, -0.25) is 0 Å². The number of rotatable bonds is 5. The minimum Gasteiger partial charge on any atom is -0.384 e. The van der Waals surface area contributed by atoms with Crippen LogP contribution >= 0.6 is 0 Å². The first kappa shape index (κ1) is 19.8. The Bertz CT molecular complexity index is 1190. The Labute approximate surface area is 174 Å². The summed E-state index contributed by atoms with van der Waals surface area (Å²) in [6, 6.07) is 16.5.